The Morgan fingerprint density at radius 2 is 2.25 bits per heavy atom. The SMILES string of the molecule is CC(CC1CCCO1)NC1CCS(=O)(=O)C1. The largest absolute Gasteiger partial charge is 0.378 e. The Hall–Kier alpha value is -0.130. The van der Waals surface area contributed by atoms with Crippen molar-refractivity contribution in [1.29, 1.82) is 0 Å². The average Bonchev–Trinajstić information content (AvgIpc) is 2.76. The van der Waals surface area contributed by atoms with Crippen LogP contribution < -0.4 is 5.32 Å². The Balaban J connectivity index is 1.73. The van der Waals surface area contributed by atoms with Gasteiger partial charge in [0.1, 0.15) is 0 Å². The molecule has 2 fully saturated rings. The first-order chi connectivity index (χ1) is 7.55. The monoisotopic (exact) mass is 247 g/mol. The summed E-state index contributed by atoms with van der Waals surface area (Å²) in [6.45, 7) is 3.00. The Morgan fingerprint density at radius 1 is 1.44 bits per heavy atom. The molecule has 0 aromatic rings. The first-order valence-corrected chi connectivity index (χ1v) is 7.95. The van der Waals surface area contributed by atoms with E-state index in [1.54, 1.807) is 0 Å². The second-order valence-electron chi connectivity index (χ2n) is 5.04. The molecule has 3 atom stereocenters. The minimum atomic E-state index is -2.76. The zero-order chi connectivity index (χ0) is 11.6. The molecule has 0 bridgehead atoms. The van der Waals surface area contributed by atoms with Gasteiger partial charge in [-0.2, -0.15) is 0 Å². The van der Waals surface area contributed by atoms with Crippen LogP contribution in [0.1, 0.15) is 32.6 Å². The predicted octanol–water partition coefficient (Wildman–Crippen LogP) is 0.721. The van der Waals surface area contributed by atoms with E-state index in [0.717, 1.165) is 32.3 Å². The maximum Gasteiger partial charge on any atom is 0.151 e. The molecule has 4 nitrogen and oxygen atoms in total. The van der Waals surface area contributed by atoms with Crippen molar-refractivity contribution in [3.05, 3.63) is 0 Å². The topological polar surface area (TPSA) is 55.4 Å². The third-order valence-electron chi connectivity index (χ3n) is 3.39. The lowest BCUT2D eigenvalue weighted by Gasteiger charge is -2.21. The van der Waals surface area contributed by atoms with Gasteiger partial charge in [0.15, 0.2) is 9.84 Å². The molecule has 2 aliphatic rings. The lowest BCUT2D eigenvalue weighted by atomic mass is 10.1. The summed E-state index contributed by atoms with van der Waals surface area (Å²) in [5, 5.41) is 3.40. The van der Waals surface area contributed by atoms with Crippen LogP contribution in [0, 0.1) is 0 Å². The van der Waals surface area contributed by atoms with Crippen molar-refractivity contribution in [3.8, 4) is 0 Å². The summed E-state index contributed by atoms with van der Waals surface area (Å²) >= 11 is 0. The van der Waals surface area contributed by atoms with Crippen LogP contribution in [0.4, 0.5) is 0 Å². The minimum Gasteiger partial charge on any atom is -0.378 e. The zero-order valence-corrected chi connectivity index (χ0v) is 10.6. The van der Waals surface area contributed by atoms with Gasteiger partial charge in [-0.05, 0) is 32.6 Å². The standard InChI is InChI=1S/C11H21NO3S/c1-9(7-11-3-2-5-15-11)12-10-4-6-16(13,14)8-10/h9-12H,2-8H2,1H3. The third-order valence-corrected chi connectivity index (χ3v) is 5.16. The van der Waals surface area contributed by atoms with E-state index in [9.17, 15) is 8.42 Å². The number of sulfone groups is 1. The first-order valence-electron chi connectivity index (χ1n) is 6.13. The zero-order valence-electron chi connectivity index (χ0n) is 9.81. The maximum atomic E-state index is 11.3. The van der Waals surface area contributed by atoms with Crippen LogP contribution in [0.5, 0.6) is 0 Å². The number of hydrogen-bond acceptors (Lipinski definition) is 4. The molecule has 0 aromatic heterocycles. The fourth-order valence-corrected chi connectivity index (χ4v) is 4.31. The van der Waals surface area contributed by atoms with Crippen molar-refractivity contribution in [3.63, 3.8) is 0 Å². The molecular weight excluding hydrogens is 226 g/mol. The number of rotatable bonds is 4. The van der Waals surface area contributed by atoms with Crippen LogP contribution >= 0.6 is 0 Å². The highest BCUT2D eigenvalue weighted by atomic mass is 32.2. The maximum absolute atomic E-state index is 11.3. The predicted molar refractivity (Wildman–Crippen MR) is 63.2 cm³/mol. The highest BCUT2D eigenvalue weighted by Crippen LogP contribution is 2.18. The number of ether oxygens (including phenoxy) is 1. The van der Waals surface area contributed by atoms with Gasteiger partial charge in [0.2, 0.25) is 0 Å². The van der Waals surface area contributed by atoms with Gasteiger partial charge in [-0.3, -0.25) is 0 Å². The van der Waals surface area contributed by atoms with Gasteiger partial charge in [0.05, 0.1) is 17.6 Å². The Bertz CT molecular complexity index is 322. The van der Waals surface area contributed by atoms with E-state index in [1.807, 2.05) is 0 Å². The van der Waals surface area contributed by atoms with E-state index in [0.29, 0.717) is 23.7 Å². The molecule has 1 N–H and O–H groups in total. The van der Waals surface area contributed by atoms with Gasteiger partial charge in [-0.15, -0.1) is 0 Å². The van der Waals surface area contributed by atoms with Gasteiger partial charge in [-0.25, -0.2) is 8.42 Å². The molecule has 0 spiro atoms. The fourth-order valence-electron chi connectivity index (χ4n) is 2.62. The molecule has 2 saturated heterocycles. The Labute approximate surface area is 97.7 Å². The van der Waals surface area contributed by atoms with Gasteiger partial charge in [0.25, 0.3) is 0 Å². The molecule has 16 heavy (non-hydrogen) atoms. The van der Waals surface area contributed by atoms with Gasteiger partial charge >= 0.3 is 0 Å². The summed E-state index contributed by atoms with van der Waals surface area (Å²) in [4.78, 5) is 0. The summed E-state index contributed by atoms with van der Waals surface area (Å²) in [5.74, 6) is 0.653. The molecule has 2 rings (SSSR count). The molecule has 0 radical (unpaired) electrons. The van der Waals surface area contributed by atoms with Crippen molar-refractivity contribution in [2.45, 2.75) is 50.8 Å². The highest BCUT2D eigenvalue weighted by molar-refractivity contribution is 7.91. The van der Waals surface area contributed by atoms with E-state index in [1.165, 1.54) is 0 Å². The number of hydrogen-bond donors (Lipinski definition) is 1. The second kappa shape index (κ2) is 5.02. The third kappa shape index (κ3) is 3.43. The molecule has 94 valence electrons. The molecule has 2 heterocycles. The van der Waals surface area contributed by atoms with Crippen LogP contribution in [-0.4, -0.2) is 44.7 Å². The normalized spacial score (nSPS) is 35.3. The van der Waals surface area contributed by atoms with E-state index < -0.39 is 9.84 Å². The molecule has 0 saturated carbocycles. The van der Waals surface area contributed by atoms with Gasteiger partial charge in [0, 0.05) is 18.7 Å². The summed E-state index contributed by atoms with van der Waals surface area (Å²) in [6.07, 6.45) is 4.44. The average molecular weight is 247 g/mol. The minimum absolute atomic E-state index is 0.154. The number of nitrogens with one attached hydrogen (secondary N) is 1. The Kier molecular flexibility index (Phi) is 3.87. The fraction of sp³-hybridized carbons (Fsp3) is 1.00. The van der Waals surface area contributed by atoms with Crippen molar-refractivity contribution in [2.24, 2.45) is 0 Å². The molecule has 0 amide bonds. The summed E-state index contributed by atoms with van der Waals surface area (Å²) in [5.41, 5.74) is 0. The van der Waals surface area contributed by atoms with Crippen LogP contribution in [0.15, 0.2) is 0 Å². The van der Waals surface area contributed by atoms with Crippen molar-refractivity contribution in [2.75, 3.05) is 18.1 Å². The van der Waals surface area contributed by atoms with Crippen molar-refractivity contribution in [1.82, 2.24) is 5.32 Å². The molecule has 3 unspecified atom stereocenters. The molecular formula is C11H21NO3S. The van der Waals surface area contributed by atoms with Gasteiger partial charge < -0.3 is 10.1 Å². The van der Waals surface area contributed by atoms with Crippen molar-refractivity contribution >= 4 is 9.84 Å². The van der Waals surface area contributed by atoms with Crippen molar-refractivity contribution < 1.29 is 13.2 Å². The van der Waals surface area contributed by atoms with Crippen LogP contribution in [0.2, 0.25) is 0 Å². The quantitative estimate of drug-likeness (QED) is 0.795. The second-order valence-corrected chi connectivity index (χ2v) is 7.27. The van der Waals surface area contributed by atoms with E-state index in [-0.39, 0.29) is 6.04 Å². The Morgan fingerprint density at radius 3 is 2.81 bits per heavy atom. The first kappa shape index (κ1) is 12.3. The summed E-state index contributed by atoms with van der Waals surface area (Å²) < 4.78 is 28.2. The summed E-state index contributed by atoms with van der Waals surface area (Å²) in [6, 6.07) is 0.503. The molecule has 0 aromatic carbocycles. The summed E-state index contributed by atoms with van der Waals surface area (Å²) in [7, 11) is -2.76. The van der Waals surface area contributed by atoms with E-state index in [4.69, 9.17) is 4.74 Å². The van der Waals surface area contributed by atoms with E-state index >= 15 is 0 Å². The molecule has 2 aliphatic heterocycles. The molecule has 5 heteroatoms. The molecule has 0 aliphatic carbocycles. The lowest BCUT2D eigenvalue weighted by Crippen LogP contribution is -2.39. The van der Waals surface area contributed by atoms with Crippen LogP contribution in [0.25, 0.3) is 0 Å². The van der Waals surface area contributed by atoms with E-state index in [2.05, 4.69) is 12.2 Å². The van der Waals surface area contributed by atoms with Crippen LogP contribution in [0.3, 0.4) is 0 Å². The van der Waals surface area contributed by atoms with Crippen LogP contribution in [-0.2, 0) is 14.6 Å². The van der Waals surface area contributed by atoms with Gasteiger partial charge in [-0.1, -0.05) is 0 Å². The highest BCUT2D eigenvalue weighted by Gasteiger charge is 2.29. The smallest absolute Gasteiger partial charge is 0.151 e. The lowest BCUT2D eigenvalue weighted by molar-refractivity contribution is 0.0953.